The number of aliphatic hydroxyl groups is 3. The molecule has 4 aliphatic heterocycles. The molecule has 17 heteroatoms. The van der Waals surface area contributed by atoms with E-state index < -0.39 is 66.8 Å². The van der Waals surface area contributed by atoms with Crippen LogP contribution in [0.4, 0.5) is 0 Å². The van der Waals surface area contributed by atoms with Crippen LogP contribution in [0, 0.1) is 19.8 Å². The Morgan fingerprint density at radius 2 is 1.69 bits per heavy atom. The highest BCUT2D eigenvalue weighted by atomic mass is 16.6. The van der Waals surface area contributed by atoms with Crippen LogP contribution in [0.1, 0.15) is 127 Å². The number of carboxylic acids is 1. The smallest absolute Gasteiger partial charge is 0.336 e. The van der Waals surface area contributed by atoms with E-state index in [0.29, 0.717) is 44.0 Å². The van der Waals surface area contributed by atoms with E-state index in [1.807, 2.05) is 38.1 Å². The van der Waals surface area contributed by atoms with Crippen molar-refractivity contribution >= 4 is 29.8 Å². The molecule has 1 aliphatic carbocycles. The monoisotopic (exact) mass is 900 g/mol. The minimum Gasteiger partial charge on any atom is -0.493 e. The van der Waals surface area contributed by atoms with Gasteiger partial charge in [-0.1, -0.05) is 54.8 Å². The third-order valence-corrected chi connectivity index (χ3v) is 13.2. The van der Waals surface area contributed by atoms with Gasteiger partial charge in [0.1, 0.15) is 24.5 Å². The van der Waals surface area contributed by atoms with E-state index in [4.69, 9.17) is 14.2 Å². The van der Waals surface area contributed by atoms with Gasteiger partial charge in [0.05, 0.1) is 49.1 Å². The molecule has 1 saturated carbocycles. The average molecular weight is 901 g/mol. The number of aliphatic carboxylic acids is 1. The highest BCUT2D eigenvalue weighted by molar-refractivity contribution is 5.95. The summed E-state index contributed by atoms with van der Waals surface area (Å²) >= 11 is 0. The number of carbonyl (C=O) groups is 4. The molecule has 3 amide bonds. The molecule has 2 saturated heterocycles. The highest BCUT2D eigenvalue weighted by Gasteiger charge is 2.54. The Labute approximate surface area is 379 Å². The lowest BCUT2D eigenvalue weighted by Crippen LogP contribution is -2.67. The molecule has 7 N–H and O–H groups in total. The van der Waals surface area contributed by atoms with Crippen molar-refractivity contribution in [2.45, 2.75) is 145 Å². The van der Waals surface area contributed by atoms with Gasteiger partial charge in [-0.2, -0.15) is 0 Å². The van der Waals surface area contributed by atoms with Crippen molar-refractivity contribution in [3.05, 3.63) is 82.2 Å². The third-order valence-electron chi connectivity index (χ3n) is 13.2. The first-order chi connectivity index (χ1) is 31.3. The van der Waals surface area contributed by atoms with Gasteiger partial charge in [0, 0.05) is 43.7 Å². The number of aromatic nitrogens is 3. The van der Waals surface area contributed by atoms with Gasteiger partial charge in [0.25, 0.3) is 5.91 Å². The minimum atomic E-state index is -2.10. The summed E-state index contributed by atoms with van der Waals surface area (Å²) in [5.41, 5.74) is 2.01. The molecular weight excluding hydrogens is 837 g/mol. The summed E-state index contributed by atoms with van der Waals surface area (Å²) in [6, 6.07) is 9.21. The van der Waals surface area contributed by atoms with Gasteiger partial charge in [-0.05, 0) is 99.2 Å². The van der Waals surface area contributed by atoms with Gasteiger partial charge in [0.15, 0.2) is 5.60 Å². The summed E-state index contributed by atoms with van der Waals surface area (Å²) in [7, 11) is 0. The van der Waals surface area contributed by atoms with Crippen molar-refractivity contribution in [1.82, 2.24) is 30.9 Å². The summed E-state index contributed by atoms with van der Waals surface area (Å²) in [4.78, 5) is 53.7. The number of aliphatic hydroxyl groups excluding tert-OH is 3. The fourth-order valence-corrected chi connectivity index (χ4v) is 9.63. The number of benzene rings is 2. The molecule has 17 nitrogen and oxygen atoms in total. The fourth-order valence-electron chi connectivity index (χ4n) is 9.63. The Kier molecular flexibility index (Phi) is 16.1. The lowest BCUT2D eigenvalue weighted by atomic mass is 9.81. The lowest BCUT2D eigenvalue weighted by Gasteiger charge is -2.47. The summed E-state index contributed by atoms with van der Waals surface area (Å²) in [5, 5.41) is 62.6. The molecule has 0 spiro atoms. The predicted molar refractivity (Wildman–Crippen MR) is 238 cm³/mol. The number of rotatable bonds is 7. The molecule has 3 aromatic rings. The molecule has 3 unspecified atom stereocenters. The van der Waals surface area contributed by atoms with Crippen LogP contribution in [0.5, 0.6) is 5.75 Å². The number of hydrogen-bond donors (Lipinski definition) is 7. The molecule has 1 aromatic heterocycles. The van der Waals surface area contributed by atoms with E-state index in [0.717, 1.165) is 72.9 Å². The van der Waals surface area contributed by atoms with Crippen LogP contribution < -0.4 is 20.7 Å². The van der Waals surface area contributed by atoms with Crippen LogP contribution in [0.3, 0.4) is 0 Å². The molecule has 8 atom stereocenters. The van der Waals surface area contributed by atoms with Crippen LogP contribution in [-0.4, -0.2) is 122 Å². The molecule has 3 fully saturated rings. The molecule has 0 radical (unpaired) electrons. The molecule has 5 aliphatic rings. The Balaban J connectivity index is 1.16. The zero-order chi connectivity index (χ0) is 46.1. The quantitative estimate of drug-likeness (QED) is 0.179. The van der Waals surface area contributed by atoms with Crippen molar-refractivity contribution < 1.29 is 53.8 Å². The van der Waals surface area contributed by atoms with Gasteiger partial charge in [-0.25, -0.2) is 9.48 Å². The summed E-state index contributed by atoms with van der Waals surface area (Å²) in [6.07, 6.45) is 6.42. The zero-order valence-electron chi connectivity index (χ0n) is 37.3. The normalized spacial score (nSPS) is 29.1. The van der Waals surface area contributed by atoms with E-state index in [9.17, 15) is 39.6 Å². The number of carboxylic acid groups (broad SMARTS) is 1. The first-order valence-electron chi connectivity index (χ1n) is 23.1. The lowest BCUT2D eigenvalue weighted by molar-refractivity contribution is -0.226. The maximum Gasteiger partial charge on any atom is 0.336 e. The maximum atomic E-state index is 13.6. The second kappa shape index (κ2) is 21.9. The van der Waals surface area contributed by atoms with Crippen molar-refractivity contribution in [2.75, 3.05) is 26.4 Å². The van der Waals surface area contributed by atoms with Crippen LogP contribution >= 0.6 is 0 Å². The highest BCUT2D eigenvalue weighted by Crippen LogP contribution is 2.36. The summed E-state index contributed by atoms with van der Waals surface area (Å²) in [5.74, 6) is -2.01. The van der Waals surface area contributed by atoms with Crippen molar-refractivity contribution in [3.63, 3.8) is 0 Å². The maximum absolute atomic E-state index is 13.6. The Morgan fingerprint density at radius 1 is 0.923 bits per heavy atom. The second-order valence-corrected chi connectivity index (χ2v) is 18.2. The van der Waals surface area contributed by atoms with Gasteiger partial charge < -0.3 is 50.6 Å². The molecule has 2 aromatic carbocycles. The summed E-state index contributed by atoms with van der Waals surface area (Å²) in [6.45, 7) is 4.32. The number of amides is 3. The molecule has 65 heavy (non-hydrogen) atoms. The van der Waals surface area contributed by atoms with Gasteiger partial charge in [-0.15, -0.1) is 5.10 Å². The largest absolute Gasteiger partial charge is 0.493 e. The van der Waals surface area contributed by atoms with Crippen LogP contribution in [0.25, 0.3) is 6.08 Å². The number of nitrogens with one attached hydrogen (secondary N) is 3. The number of hydrogen-bond acceptors (Lipinski definition) is 12. The van der Waals surface area contributed by atoms with Crippen molar-refractivity contribution in [3.8, 4) is 5.75 Å². The summed E-state index contributed by atoms with van der Waals surface area (Å²) < 4.78 is 19.5. The Morgan fingerprint density at radius 3 is 2.43 bits per heavy atom. The Bertz CT molecular complexity index is 2140. The molecular formula is C48H64N6O11. The number of nitrogens with zero attached hydrogens (tertiary/aromatic N) is 3. The van der Waals surface area contributed by atoms with Crippen molar-refractivity contribution in [2.24, 2.45) is 5.92 Å². The van der Waals surface area contributed by atoms with Gasteiger partial charge >= 0.3 is 5.97 Å². The van der Waals surface area contributed by atoms with Crippen LogP contribution in [0.2, 0.25) is 0 Å². The predicted octanol–water partition coefficient (Wildman–Crippen LogP) is 3.80. The molecule has 5 heterocycles. The SMILES string of the molecule is Cc1cc2cc(C)c1OCCCC[C@H](NC(=O)C1CCCOC1)c1cccc(c1)/C=C/C[C@]1(C(=O)O)C[C@H](O)C(NC(=O)Cn3cc(C4CCCCC4)nn3)C(O1)[C@H](O)[C@H](O)CNC2=O. The van der Waals surface area contributed by atoms with Gasteiger partial charge in [0.2, 0.25) is 11.8 Å². The van der Waals surface area contributed by atoms with E-state index in [-0.39, 0.29) is 36.8 Å². The number of ether oxygens (including phenoxy) is 3. The van der Waals surface area contributed by atoms with Crippen LogP contribution in [-0.2, 0) is 30.4 Å². The first kappa shape index (κ1) is 47.8. The number of carbonyl (C=O) groups excluding carboxylic acids is 3. The topological polar surface area (TPSA) is 244 Å². The van der Waals surface area contributed by atoms with Crippen molar-refractivity contribution in [1.29, 1.82) is 0 Å². The second-order valence-electron chi connectivity index (χ2n) is 18.2. The van der Waals surface area contributed by atoms with Gasteiger partial charge in [-0.3, -0.25) is 14.4 Å². The molecule has 352 valence electrons. The standard InChI is InChI=1S/C48H64N6O11/c1-29-21-35-22-30(2)43(29)64-20-7-6-17-36(50-46(60)34-16-10-19-63-28-34)33-15-8-11-31(23-33)12-9-18-48(47(61)62)24-38(55)41(44(65-48)42(58)39(56)25-49-45(35)59)51-40(57)27-54-26-37(52-53-54)32-13-4-3-5-14-32/h8-9,11-12,15,21-23,26,32,34,36,38-39,41-42,44,55-56,58H,3-7,10,13-14,16-20,24-25,27-28H2,1-2H3,(H,49,59)(H,50,60)(H,51,57)(H,61,62)/b12-9+/t34?,36-,38-,39+,41?,42+,44?,48+/m0/s1. The minimum absolute atomic E-state index is 0.0784. The first-order valence-corrected chi connectivity index (χ1v) is 23.1. The number of fused-ring (bicyclic) bond motifs is 12. The average Bonchev–Trinajstić information content (AvgIpc) is 3.77. The molecule has 8 rings (SSSR count). The van der Waals surface area contributed by atoms with E-state index in [2.05, 4.69) is 26.3 Å². The Hall–Kier alpha value is -5.20. The van der Waals surface area contributed by atoms with E-state index in [1.54, 1.807) is 30.5 Å². The van der Waals surface area contributed by atoms with E-state index in [1.165, 1.54) is 11.1 Å². The third kappa shape index (κ3) is 12.0. The number of aryl methyl sites for hydroxylation is 2. The van der Waals surface area contributed by atoms with Crippen LogP contribution in [0.15, 0.2) is 48.7 Å². The fraction of sp³-hybridized carbons (Fsp3) is 0.583. The zero-order valence-corrected chi connectivity index (χ0v) is 37.3. The molecule has 6 bridgehead atoms. The van der Waals surface area contributed by atoms with E-state index >= 15 is 0 Å².